The van der Waals surface area contributed by atoms with Crippen molar-refractivity contribution in [2.45, 2.75) is 13.0 Å². The van der Waals surface area contributed by atoms with Crippen LogP contribution in [0.2, 0.25) is 0 Å². The Hall–Kier alpha value is -0.700. The summed E-state index contributed by atoms with van der Waals surface area (Å²) in [5.74, 6) is 0.00516. The molecule has 1 atom stereocenters. The second-order valence-corrected chi connectivity index (χ2v) is 6.65. The molecule has 6 heteroatoms. The number of benzene rings is 1. The standard InChI is InChI=1S/C15H22IN3O2/c1-11-7-12(16)3-4-14(11)18-15(20)10-19(2)9-13-8-17-5-6-21-13/h3-4,7,13,17H,5-6,8-10H2,1-2H3,(H,18,20). The van der Waals surface area contributed by atoms with Gasteiger partial charge in [0.2, 0.25) is 5.91 Å². The molecule has 21 heavy (non-hydrogen) atoms. The lowest BCUT2D eigenvalue weighted by Gasteiger charge is -2.27. The van der Waals surface area contributed by atoms with E-state index in [-0.39, 0.29) is 12.0 Å². The number of nitrogens with one attached hydrogen (secondary N) is 2. The number of amides is 1. The number of aryl methyl sites for hydroxylation is 1. The van der Waals surface area contributed by atoms with Crippen LogP contribution in [0.3, 0.4) is 0 Å². The Morgan fingerprint density at radius 3 is 3.05 bits per heavy atom. The fourth-order valence-electron chi connectivity index (χ4n) is 2.35. The largest absolute Gasteiger partial charge is 0.374 e. The van der Waals surface area contributed by atoms with Crippen LogP contribution in [-0.4, -0.2) is 56.7 Å². The van der Waals surface area contributed by atoms with Crippen molar-refractivity contribution in [3.8, 4) is 0 Å². The number of rotatable bonds is 5. The van der Waals surface area contributed by atoms with E-state index in [4.69, 9.17) is 4.74 Å². The zero-order chi connectivity index (χ0) is 15.2. The van der Waals surface area contributed by atoms with Crippen LogP contribution >= 0.6 is 22.6 Å². The van der Waals surface area contributed by atoms with Gasteiger partial charge in [0.1, 0.15) is 0 Å². The van der Waals surface area contributed by atoms with Gasteiger partial charge in [-0.1, -0.05) is 0 Å². The molecular formula is C15H22IN3O2. The van der Waals surface area contributed by atoms with Crippen LogP contribution < -0.4 is 10.6 Å². The van der Waals surface area contributed by atoms with Crippen molar-refractivity contribution in [2.24, 2.45) is 0 Å². The van der Waals surface area contributed by atoms with Gasteiger partial charge in [0.25, 0.3) is 0 Å². The minimum atomic E-state index is 0.00516. The van der Waals surface area contributed by atoms with E-state index in [1.54, 1.807) is 0 Å². The number of hydrogen-bond donors (Lipinski definition) is 2. The van der Waals surface area contributed by atoms with Crippen LogP contribution in [0.1, 0.15) is 5.56 Å². The molecule has 2 rings (SSSR count). The van der Waals surface area contributed by atoms with E-state index in [0.29, 0.717) is 6.54 Å². The molecule has 1 aromatic carbocycles. The van der Waals surface area contributed by atoms with Crippen LogP contribution in [0.15, 0.2) is 18.2 Å². The van der Waals surface area contributed by atoms with Gasteiger partial charge < -0.3 is 15.4 Å². The lowest BCUT2D eigenvalue weighted by molar-refractivity contribution is -0.117. The summed E-state index contributed by atoms with van der Waals surface area (Å²) >= 11 is 2.27. The fraction of sp³-hybridized carbons (Fsp3) is 0.533. The van der Waals surface area contributed by atoms with Crippen molar-refractivity contribution < 1.29 is 9.53 Å². The Morgan fingerprint density at radius 2 is 2.38 bits per heavy atom. The smallest absolute Gasteiger partial charge is 0.238 e. The summed E-state index contributed by atoms with van der Waals surface area (Å²) in [6, 6.07) is 6.00. The molecule has 1 aliphatic rings. The third-order valence-corrected chi connectivity index (χ3v) is 4.07. The van der Waals surface area contributed by atoms with E-state index in [9.17, 15) is 4.79 Å². The summed E-state index contributed by atoms with van der Waals surface area (Å²) in [4.78, 5) is 14.1. The van der Waals surface area contributed by atoms with Crippen LogP contribution in [0.4, 0.5) is 5.69 Å². The Kier molecular flexibility index (Phi) is 6.40. The fourth-order valence-corrected chi connectivity index (χ4v) is 3.00. The summed E-state index contributed by atoms with van der Waals surface area (Å²) in [6.07, 6.45) is 0.164. The number of carbonyl (C=O) groups is 1. The van der Waals surface area contributed by atoms with E-state index in [1.807, 2.05) is 31.0 Å². The van der Waals surface area contributed by atoms with Gasteiger partial charge in [-0.3, -0.25) is 9.69 Å². The van der Waals surface area contributed by atoms with Gasteiger partial charge >= 0.3 is 0 Å². The van der Waals surface area contributed by atoms with Gasteiger partial charge in [-0.25, -0.2) is 0 Å². The predicted molar refractivity (Wildman–Crippen MR) is 92.6 cm³/mol. The molecule has 1 saturated heterocycles. The number of halogens is 1. The van der Waals surface area contributed by atoms with E-state index in [1.165, 1.54) is 3.57 Å². The van der Waals surface area contributed by atoms with E-state index >= 15 is 0 Å². The lowest BCUT2D eigenvalue weighted by atomic mass is 10.2. The number of nitrogens with zero attached hydrogens (tertiary/aromatic N) is 1. The van der Waals surface area contributed by atoms with Gasteiger partial charge in [0.05, 0.1) is 19.3 Å². The molecule has 0 radical (unpaired) electrons. The van der Waals surface area contributed by atoms with E-state index in [0.717, 1.165) is 37.5 Å². The number of ether oxygens (including phenoxy) is 1. The molecule has 116 valence electrons. The average molecular weight is 403 g/mol. The van der Waals surface area contributed by atoms with Gasteiger partial charge in [0, 0.05) is 28.9 Å². The second-order valence-electron chi connectivity index (χ2n) is 5.40. The molecule has 0 bridgehead atoms. The highest BCUT2D eigenvalue weighted by molar-refractivity contribution is 14.1. The third kappa shape index (κ3) is 5.54. The third-order valence-electron chi connectivity index (χ3n) is 3.40. The molecule has 2 N–H and O–H groups in total. The topological polar surface area (TPSA) is 53.6 Å². The van der Waals surface area contributed by atoms with Crippen molar-refractivity contribution in [2.75, 3.05) is 45.2 Å². The van der Waals surface area contributed by atoms with Crippen LogP contribution in [0.5, 0.6) is 0 Å². The predicted octanol–water partition coefficient (Wildman–Crippen LogP) is 1.46. The molecule has 1 aliphatic heterocycles. The summed E-state index contributed by atoms with van der Waals surface area (Å²) < 4.78 is 6.81. The van der Waals surface area contributed by atoms with Crippen molar-refractivity contribution in [3.05, 3.63) is 27.3 Å². The first-order valence-electron chi connectivity index (χ1n) is 7.11. The summed E-state index contributed by atoms with van der Waals surface area (Å²) in [6.45, 7) is 5.63. The average Bonchev–Trinajstić information content (AvgIpc) is 2.43. The monoisotopic (exact) mass is 403 g/mol. The van der Waals surface area contributed by atoms with E-state index in [2.05, 4.69) is 39.3 Å². The maximum Gasteiger partial charge on any atom is 0.238 e. The van der Waals surface area contributed by atoms with Crippen molar-refractivity contribution in [3.63, 3.8) is 0 Å². The first-order chi connectivity index (χ1) is 10.0. The molecule has 1 unspecified atom stereocenters. The second kappa shape index (κ2) is 8.07. The van der Waals surface area contributed by atoms with Crippen LogP contribution in [-0.2, 0) is 9.53 Å². The molecule has 0 aliphatic carbocycles. The Balaban J connectivity index is 1.80. The maximum atomic E-state index is 12.1. The minimum Gasteiger partial charge on any atom is -0.374 e. The minimum absolute atomic E-state index is 0.00516. The number of hydrogen-bond acceptors (Lipinski definition) is 4. The summed E-state index contributed by atoms with van der Waals surface area (Å²) in [5.41, 5.74) is 1.96. The molecular weight excluding hydrogens is 381 g/mol. The van der Waals surface area contributed by atoms with Crippen LogP contribution in [0.25, 0.3) is 0 Å². The van der Waals surface area contributed by atoms with Gasteiger partial charge in [-0.05, 0) is 60.3 Å². The summed E-state index contributed by atoms with van der Waals surface area (Å²) in [5, 5.41) is 6.26. The first kappa shape index (κ1) is 16.7. The van der Waals surface area contributed by atoms with Crippen molar-refractivity contribution >= 4 is 34.2 Å². The number of carbonyl (C=O) groups excluding carboxylic acids is 1. The molecule has 1 heterocycles. The maximum absolute atomic E-state index is 12.1. The molecule has 1 fully saturated rings. The number of likely N-dealkylation sites (N-methyl/N-ethyl adjacent to an activating group) is 1. The number of morpholine rings is 1. The quantitative estimate of drug-likeness (QED) is 0.732. The summed E-state index contributed by atoms with van der Waals surface area (Å²) in [7, 11) is 1.94. The molecule has 5 nitrogen and oxygen atoms in total. The van der Waals surface area contributed by atoms with Crippen molar-refractivity contribution in [1.29, 1.82) is 0 Å². The highest BCUT2D eigenvalue weighted by Gasteiger charge is 2.17. The highest BCUT2D eigenvalue weighted by Crippen LogP contribution is 2.17. The van der Waals surface area contributed by atoms with Gasteiger partial charge in [-0.15, -0.1) is 0 Å². The Labute approximate surface area is 139 Å². The molecule has 0 spiro atoms. The Bertz CT molecular complexity index is 490. The van der Waals surface area contributed by atoms with Gasteiger partial charge in [-0.2, -0.15) is 0 Å². The SMILES string of the molecule is Cc1cc(I)ccc1NC(=O)CN(C)CC1CNCCO1. The highest BCUT2D eigenvalue weighted by atomic mass is 127. The first-order valence-corrected chi connectivity index (χ1v) is 8.19. The molecule has 1 amide bonds. The Morgan fingerprint density at radius 1 is 1.57 bits per heavy atom. The van der Waals surface area contributed by atoms with E-state index < -0.39 is 0 Å². The molecule has 0 saturated carbocycles. The molecule has 1 aromatic rings. The number of anilines is 1. The zero-order valence-electron chi connectivity index (χ0n) is 12.5. The lowest BCUT2D eigenvalue weighted by Crippen LogP contribution is -2.45. The zero-order valence-corrected chi connectivity index (χ0v) is 14.6. The normalized spacial score (nSPS) is 18.8. The molecule has 0 aromatic heterocycles. The van der Waals surface area contributed by atoms with Crippen molar-refractivity contribution in [1.82, 2.24) is 10.2 Å². The van der Waals surface area contributed by atoms with Gasteiger partial charge in [0.15, 0.2) is 0 Å². The van der Waals surface area contributed by atoms with Crippen LogP contribution in [0, 0.1) is 10.5 Å².